The first-order valence-corrected chi connectivity index (χ1v) is 5.88. The number of carbonyl (C=O) groups is 2. The standard InChI is InChI=1S/C13H10ClN3O3/c14-9-6-8(12(16)18)11(15)17(10(9)13(19)20)7-4-2-1-3-5-7/h1-6,15H,(H2,16,18)(H,19,20)/p-1. The van der Waals surface area contributed by atoms with Crippen LogP contribution in [0, 0.1) is 5.41 Å². The number of aromatic nitrogens is 1. The van der Waals surface area contributed by atoms with Crippen LogP contribution in [0.3, 0.4) is 0 Å². The molecule has 0 bridgehead atoms. The first-order chi connectivity index (χ1) is 9.43. The van der Waals surface area contributed by atoms with Crippen molar-refractivity contribution in [2.75, 3.05) is 0 Å². The normalized spacial score (nSPS) is 10.2. The van der Waals surface area contributed by atoms with Crippen LogP contribution in [0.25, 0.3) is 5.69 Å². The molecule has 0 aliphatic rings. The highest BCUT2D eigenvalue weighted by Gasteiger charge is 2.16. The lowest BCUT2D eigenvalue weighted by molar-refractivity contribution is -0.255. The number of primary amides is 1. The molecule has 2 rings (SSSR count). The number of nitrogens with two attached hydrogens (primary N) is 1. The first-order valence-electron chi connectivity index (χ1n) is 5.50. The SMILES string of the molecule is N=c1c(C(N)=O)cc(Cl)c(C(=O)[O-])n1-c1ccccc1. The lowest BCUT2D eigenvalue weighted by Crippen LogP contribution is -2.36. The van der Waals surface area contributed by atoms with Gasteiger partial charge in [-0.2, -0.15) is 0 Å². The van der Waals surface area contributed by atoms with Crippen molar-refractivity contribution in [2.24, 2.45) is 5.73 Å². The molecule has 0 radical (unpaired) electrons. The third-order valence-electron chi connectivity index (χ3n) is 2.67. The third-order valence-corrected chi connectivity index (χ3v) is 2.96. The molecule has 0 spiro atoms. The van der Waals surface area contributed by atoms with Crippen molar-refractivity contribution < 1.29 is 14.7 Å². The van der Waals surface area contributed by atoms with Crippen LogP contribution < -0.4 is 16.3 Å². The number of nitrogens with one attached hydrogen (secondary N) is 1. The predicted octanol–water partition coefficient (Wildman–Crippen LogP) is 0.0726. The second-order valence-corrected chi connectivity index (χ2v) is 4.33. The predicted molar refractivity (Wildman–Crippen MR) is 69.5 cm³/mol. The Morgan fingerprint density at radius 2 is 1.85 bits per heavy atom. The summed E-state index contributed by atoms with van der Waals surface area (Å²) < 4.78 is 1.01. The maximum Gasteiger partial charge on any atom is 0.252 e. The second kappa shape index (κ2) is 5.18. The molecule has 0 aliphatic heterocycles. The summed E-state index contributed by atoms with van der Waals surface area (Å²) >= 11 is 5.86. The van der Waals surface area contributed by atoms with Gasteiger partial charge in [-0.25, -0.2) is 0 Å². The summed E-state index contributed by atoms with van der Waals surface area (Å²) in [6.07, 6.45) is 0. The van der Waals surface area contributed by atoms with E-state index in [0.29, 0.717) is 5.69 Å². The molecule has 1 aromatic heterocycles. The van der Waals surface area contributed by atoms with Gasteiger partial charge in [0, 0.05) is 5.69 Å². The largest absolute Gasteiger partial charge is 0.543 e. The Labute approximate surface area is 118 Å². The van der Waals surface area contributed by atoms with E-state index >= 15 is 0 Å². The van der Waals surface area contributed by atoms with Crippen LogP contribution in [0.1, 0.15) is 20.8 Å². The zero-order chi connectivity index (χ0) is 14.9. The Hall–Kier alpha value is -2.60. The maximum absolute atomic E-state index is 11.3. The number of rotatable bonds is 3. The van der Waals surface area contributed by atoms with Crippen LogP contribution in [-0.2, 0) is 0 Å². The van der Waals surface area contributed by atoms with Crippen molar-refractivity contribution in [1.29, 1.82) is 5.41 Å². The van der Waals surface area contributed by atoms with Gasteiger partial charge in [0.15, 0.2) is 0 Å². The number of pyridine rings is 1. The molecule has 3 N–H and O–H groups in total. The minimum absolute atomic E-state index is 0.177. The molecule has 1 amide bonds. The number of nitrogens with zero attached hydrogens (tertiary/aromatic N) is 1. The molecule has 0 unspecified atom stereocenters. The van der Waals surface area contributed by atoms with E-state index in [1.165, 1.54) is 0 Å². The minimum Gasteiger partial charge on any atom is -0.543 e. The van der Waals surface area contributed by atoms with Gasteiger partial charge in [0.1, 0.15) is 5.49 Å². The van der Waals surface area contributed by atoms with Gasteiger partial charge in [-0.1, -0.05) is 29.8 Å². The van der Waals surface area contributed by atoms with E-state index in [2.05, 4.69) is 0 Å². The van der Waals surface area contributed by atoms with Gasteiger partial charge in [-0.05, 0) is 18.2 Å². The van der Waals surface area contributed by atoms with Gasteiger partial charge in [0.2, 0.25) is 0 Å². The lowest BCUT2D eigenvalue weighted by atomic mass is 10.2. The molecule has 0 saturated carbocycles. The van der Waals surface area contributed by atoms with E-state index in [9.17, 15) is 14.7 Å². The number of amides is 1. The Morgan fingerprint density at radius 1 is 1.25 bits per heavy atom. The van der Waals surface area contributed by atoms with Crippen LogP contribution >= 0.6 is 11.6 Å². The highest BCUT2D eigenvalue weighted by Crippen LogP contribution is 2.18. The Balaban J connectivity index is 2.92. The van der Waals surface area contributed by atoms with Crippen LogP contribution in [0.2, 0.25) is 5.02 Å². The van der Waals surface area contributed by atoms with E-state index in [0.717, 1.165) is 10.6 Å². The van der Waals surface area contributed by atoms with Crippen molar-refractivity contribution in [2.45, 2.75) is 0 Å². The number of halogens is 1. The highest BCUT2D eigenvalue weighted by atomic mass is 35.5. The molecule has 0 fully saturated rings. The van der Waals surface area contributed by atoms with E-state index in [-0.39, 0.29) is 16.1 Å². The summed E-state index contributed by atoms with van der Waals surface area (Å²) in [7, 11) is 0. The molecule has 1 aromatic carbocycles. The molecule has 0 saturated heterocycles. The summed E-state index contributed by atoms with van der Waals surface area (Å²) in [4.78, 5) is 22.5. The number of carboxylic acids is 1. The van der Waals surface area contributed by atoms with Crippen molar-refractivity contribution in [1.82, 2.24) is 4.57 Å². The molecule has 1 heterocycles. The fraction of sp³-hybridized carbons (Fsp3) is 0. The van der Waals surface area contributed by atoms with Crippen LogP contribution in [0.4, 0.5) is 0 Å². The summed E-state index contributed by atoms with van der Waals surface area (Å²) in [5, 5.41) is 19.0. The quantitative estimate of drug-likeness (QED) is 0.834. The zero-order valence-corrected chi connectivity index (χ0v) is 10.8. The molecule has 2 aromatic rings. The summed E-state index contributed by atoms with van der Waals surface area (Å²) in [6, 6.07) is 9.25. The van der Waals surface area contributed by atoms with E-state index in [1.807, 2.05) is 0 Å². The third kappa shape index (κ3) is 2.28. The van der Waals surface area contributed by atoms with Gasteiger partial charge in [-0.3, -0.25) is 14.8 Å². The first kappa shape index (κ1) is 13.8. The molecule has 0 atom stereocenters. The van der Waals surface area contributed by atoms with Crippen molar-refractivity contribution in [3.63, 3.8) is 0 Å². The Morgan fingerprint density at radius 3 is 2.35 bits per heavy atom. The topological polar surface area (TPSA) is 112 Å². The monoisotopic (exact) mass is 290 g/mol. The molecule has 20 heavy (non-hydrogen) atoms. The molecular weight excluding hydrogens is 282 g/mol. The maximum atomic E-state index is 11.3. The number of hydrogen-bond donors (Lipinski definition) is 2. The van der Waals surface area contributed by atoms with Crippen LogP contribution in [0.15, 0.2) is 36.4 Å². The Kier molecular flexibility index (Phi) is 3.58. The molecular formula is C13H9ClN3O3-. The van der Waals surface area contributed by atoms with Gasteiger partial charge in [0.05, 0.1) is 22.2 Å². The van der Waals surface area contributed by atoms with Crippen molar-refractivity contribution in [3.8, 4) is 5.69 Å². The number of carboxylic acid groups (broad SMARTS) is 1. The van der Waals surface area contributed by atoms with Gasteiger partial charge >= 0.3 is 0 Å². The summed E-state index contributed by atoms with van der Waals surface area (Å²) in [5.74, 6) is -2.42. The van der Waals surface area contributed by atoms with Gasteiger partial charge in [0.25, 0.3) is 5.91 Å². The molecule has 7 heteroatoms. The van der Waals surface area contributed by atoms with Crippen LogP contribution in [0.5, 0.6) is 0 Å². The minimum atomic E-state index is -1.55. The van der Waals surface area contributed by atoms with E-state index in [4.69, 9.17) is 22.7 Å². The van der Waals surface area contributed by atoms with Gasteiger partial charge in [-0.15, -0.1) is 0 Å². The molecule has 6 nitrogen and oxygen atoms in total. The molecule has 0 aliphatic carbocycles. The second-order valence-electron chi connectivity index (χ2n) is 3.93. The van der Waals surface area contributed by atoms with E-state index < -0.39 is 17.6 Å². The average molecular weight is 291 g/mol. The van der Waals surface area contributed by atoms with E-state index in [1.54, 1.807) is 30.3 Å². The highest BCUT2D eigenvalue weighted by molar-refractivity contribution is 6.33. The Bertz CT molecular complexity index is 753. The summed E-state index contributed by atoms with van der Waals surface area (Å²) in [5.41, 5.74) is 4.57. The average Bonchev–Trinajstić information content (AvgIpc) is 2.40. The summed E-state index contributed by atoms with van der Waals surface area (Å²) in [6.45, 7) is 0. The fourth-order valence-corrected chi connectivity index (χ4v) is 2.09. The number of benzene rings is 1. The zero-order valence-electron chi connectivity index (χ0n) is 10.1. The lowest BCUT2D eigenvalue weighted by Gasteiger charge is -2.17. The van der Waals surface area contributed by atoms with Crippen molar-refractivity contribution in [3.05, 3.63) is 58.2 Å². The smallest absolute Gasteiger partial charge is 0.252 e. The number of hydrogen-bond acceptors (Lipinski definition) is 4. The van der Waals surface area contributed by atoms with Gasteiger partial charge < -0.3 is 15.6 Å². The van der Waals surface area contributed by atoms with Crippen LogP contribution in [-0.4, -0.2) is 16.4 Å². The number of carbonyl (C=O) groups excluding carboxylic acids is 2. The number of para-hydroxylation sites is 1. The van der Waals surface area contributed by atoms with Crippen molar-refractivity contribution >= 4 is 23.5 Å². The fourth-order valence-electron chi connectivity index (χ4n) is 1.81. The molecule has 102 valence electrons. The number of aromatic carboxylic acids is 1.